The summed E-state index contributed by atoms with van der Waals surface area (Å²) in [5.41, 5.74) is 0. The maximum Gasteiger partial charge on any atom is 1.00 e. The second-order valence-electron chi connectivity index (χ2n) is 1.07. The van der Waals surface area contributed by atoms with Crippen LogP contribution in [0.3, 0.4) is 0 Å². The summed E-state index contributed by atoms with van der Waals surface area (Å²) >= 11 is 5.31. The quantitative estimate of drug-likeness (QED) is 0.337. The molecule has 9 heavy (non-hydrogen) atoms. The normalized spacial score (nSPS) is 8.00. The molecular weight excluding hydrogens is 183 g/mol. The fourth-order valence-corrected chi connectivity index (χ4v) is 0.773. The van der Waals surface area contributed by atoms with E-state index in [0.29, 0.717) is 4.88 Å². The van der Waals surface area contributed by atoms with Gasteiger partial charge in [0.1, 0.15) is 0 Å². The number of hydrogen-bond acceptors (Lipinski definition) is 5. The van der Waals surface area contributed by atoms with Crippen LogP contribution < -0.4 is 56.5 Å². The zero-order chi connectivity index (χ0) is 5.98. The van der Waals surface area contributed by atoms with Crippen LogP contribution in [0.1, 0.15) is 4.88 Å². The van der Waals surface area contributed by atoms with Gasteiger partial charge in [-0.05, 0) is 16.6 Å². The van der Waals surface area contributed by atoms with E-state index >= 15 is 0 Å². The second kappa shape index (κ2) is 4.83. The summed E-state index contributed by atoms with van der Waals surface area (Å²) in [5.74, 6) is 0. The van der Waals surface area contributed by atoms with Gasteiger partial charge in [-0.25, -0.2) is 0 Å². The molecule has 0 fully saturated rings. The molecule has 0 saturated heterocycles. The number of aromatic nitrogens is 2. The third-order valence-corrected chi connectivity index (χ3v) is 1.58. The summed E-state index contributed by atoms with van der Waals surface area (Å²) in [4.78, 5) is 0.431. The van der Waals surface area contributed by atoms with Crippen molar-refractivity contribution in [1.82, 2.24) is 9.59 Å². The standard InChI is InChI=1S/C3H2N2OS2.K/c6-3(7)2-1-4-5-8-2;/h1H,(H,6,7);/q;+1/p-1. The number of nitrogens with zero attached hydrogens (tertiary/aromatic N) is 2. The molecule has 3 nitrogen and oxygen atoms in total. The Labute approximate surface area is 104 Å². The Morgan fingerprint density at radius 3 is 2.67 bits per heavy atom. The van der Waals surface area contributed by atoms with Crippen molar-refractivity contribution in [3.05, 3.63) is 11.1 Å². The van der Waals surface area contributed by atoms with Gasteiger partial charge >= 0.3 is 51.4 Å². The van der Waals surface area contributed by atoms with E-state index in [1.165, 1.54) is 6.20 Å². The molecule has 0 bridgehead atoms. The molecule has 0 N–H and O–H groups in total. The zero-order valence-electron chi connectivity index (χ0n) is 4.70. The minimum absolute atomic E-state index is 0. The molecule has 0 aliphatic heterocycles. The molecule has 0 saturated carbocycles. The van der Waals surface area contributed by atoms with Crippen LogP contribution in [0.4, 0.5) is 0 Å². The Kier molecular flexibility index (Phi) is 5.42. The van der Waals surface area contributed by atoms with Gasteiger partial charge in [0, 0.05) is 0 Å². The summed E-state index contributed by atoms with van der Waals surface area (Å²) in [6.45, 7) is 0. The van der Waals surface area contributed by atoms with E-state index in [1.54, 1.807) is 0 Å². The first-order valence-corrected chi connectivity index (χ1v) is 2.97. The summed E-state index contributed by atoms with van der Waals surface area (Å²) < 4.78 is 3.45. The molecule has 0 aromatic carbocycles. The zero-order valence-corrected chi connectivity index (χ0v) is 9.45. The summed E-state index contributed by atoms with van der Waals surface area (Å²) in [6.07, 6.45) is 1.36. The maximum absolute atomic E-state index is 10.3. The Hall–Kier alpha value is 1.09. The van der Waals surface area contributed by atoms with Crippen LogP contribution >= 0.6 is 23.8 Å². The van der Waals surface area contributed by atoms with Crippen molar-refractivity contribution < 1.29 is 56.5 Å². The Bertz CT molecular complexity index is 188. The molecule has 0 amide bonds. The molecular formula is C3HKN2OS2. The van der Waals surface area contributed by atoms with E-state index in [2.05, 4.69) is 21.8 Å². The predicted molar refractivity (Wildman–Crippen MR) is 31.6 cm³/mol. The van der Waals surface area contributed by atoms with E-state index in [-0.39, 0.29) is 56.4 Å². The van der Waals surface area contributed by atoms with E-state index in [4.69, 9.17) is 0 Å². The largest absolute Gasteiger partial charge is 1.00 e. The van der Waals surface area contributed by atoms with Gasteiger partial charge in [0.25, 0.3) is 0 Å². The first kappa shape index (κ1) is 10.1. The number of thiocarbonyl (C=S) groups is 1. The van der Waals surface area contributed by atoms with Crippen LogP contribution in [-0.4, -0.2) is 14.6 Å². The van der Waals surface area contributed by atoms with Gasteiger partial charge in [-0.3, -0.25) is 0 Å². The molecule has 0 atom stereocenters. The summed E-state index contributed by atoms with van der Waals surface area (Å²) in [6, 6.07) is 0. The van der Waals surface area contributed by atoms with E-state index in [1.807, 2.05) is 0 Å². The molecule has 0 spiro atoms. The van der Waals surface area contributed by atoms with Gasteiger partial charge in [0.15, 0.2) is 0 Å². The van der Waals surface area contributed by atoms with Crippen molar-refractivity contribution in [2.45, 2.75) is 0 Å². The Morgan fingerprint density at radius 2 is 2.44 bits per heavy atom. The molecule has 1 heterocycles. The fourth-order valence-electron chi connectivity index (χ4n) is 0.257. The van der Waals surface area contributed by atoms with Crippen molar-refractivity contribution >= 4 is 28.8 Å². The smallest absolute Gasteiger partial charge is 0.863 e. The van der Waals surface area contributed by atoms with Crippen LogP contribution in [0.2, 0.25) is 0 Å². The maximum atomic E-state index is 10.3. The molecule has 1 aromatic rings. The molecule has 1 aromatic heterocycles. The van der Waals surface area contributed by atoms with Crippen LogP contribution in [-0.2, 0) is 0 Å². The third-order valence-electron chi connectivity index (χ3n) is 0.562. The molecule has 1 rings (SSSR count). The van der Waals surface area contributed by atoms with Crippen LogP contribution in [0.5, 0.6) is 0 Å². The molecule has 0 aliphatic carbocycles. The molecule has 0 unspecified atom stereocenters. The van der Waals surface area contributed by atoms with Gasteiger partial charge in [-0.15, -0.1) is 5.10 Å². The molecule has 0 aliphatic rings. The van der Waals surface area contributed by atoms with Gasteiger partial charge in [0.05, 0.1) is 11.1 Å². The van der Waals surface area contributed by atoms with E-state index in [0.717, 1.165) is 11.5 Å². The fraction of sp³-hybridized carbons (Fsp3) is 0. The number of rotatable bonds is 1. The third kappa shape index (κ3) is 3.12. The van der Waals surface area contributed by atoms with Crippen molar-refractivity contribution in [2.24, 2.45) is 0 Å². The monoisotopic (exact) mass is 184 g/mol. The van der Waals surface area contributed by atoms with Crippen molar-refractivity contribution in [1.29, 1.82) is 0 Å². The van der Waals surface area contributed by atoms with Crippen LogP contribution in [0, 0.1) is 0 Å². The minimum atomic E-state index is -0.389. The molecule has 6 heteroatoms. The Balaban J connectivity index is 0.000000640. The van der Waals surface area contributed by atoms with E-state index < -0.39 is 0 Å². The summed E-state index contributed by atoms with van der Waals surface area (Å²) in [5, 5.41) is 13.3. The second-order valence-corrected chi connectivity index (χ2v) is 2.23. The average Bonchev–Trinajstić information content (AvgIpc) is 2.12. The van der Waals surface area contributed by atoms with Gasteiger partial charge < -0.3 is 5.11 Å². The van der Waals surface area contributed by atoms with Crippen molar-refractivity contribution in [2.75, 3.05) is 0 Å². The van der Waals surface area contributed by atoms with Crippen LogP contribution in [0.25, 0.3) is 0 Å². The van der Waals surface area contributed by atoms with Crippen molar-refractivity contribution in [3.8, 4) is 0 Å². The molecule has 42 valence electrons. The van der Waals surface area contributed by atoms with Crippen LogP contribution in [0.15, 0.2) is 6.20 Å². The number of hydrogen-bond donors (Lipinski definition) is 0. The molecule has 0 radical (unpaired) electrons. The van der Waals surface area contributed by atoms with Gasteiger partial charge in [0.2, 0.25) is 0 Å². The average molecular weight is 184 g/mol. The van der Waals surface area contributed by atoms with Gasteiger partial charge in [-0.1, -0.05) is 16.7 Å². The Morgan fingerprint density at radius 1 is 1.78 bits per heavy atom. The van der Waals surface area contributed by atoms with E-state index in [9.17, 15) is 5.11 Å². The SMILES string of the molecule is [K+].[O-]C(=S)c1cnns1. The van der Waals surface area contributed by atoms with Gasteiger partial charge in [-0.2, -0.15) is 0 Å². The topological polar surface area (TPSA) is 48.8 Å². The van der Waals surface area contributed by atoms with Crippen molar-refractivity contribution in [3.63, 3.8) is 0 Å². The summed E-state index contributed by atoms with van der Waals surface area (Å²) in [7, 11) is 0. The first-order chi connectivity index (χ1) is 3.80. The predicted octanol–water partition coefficient (Wildman–Crippen LogP) is -3.42. The minimum Gasteiger partial charge on any atom is -0.863 e. The first-order valence-electron chi connectivity index (χ1n) is 1.79.